The maximum atomic E-state index is 13.1. The van der Waals surface area contributed by atoms with E-state index in [4.69, 9.17) is 9.90 Å². The van der Waals surface area contributed by atoms with Gasteiger partial charge in [0.15, 0.2) is 0 Å². The van der Waals surface area contributed by atoms with Crippen LogP contribution in [0.5, 0.6) is 0 Å². The van der Waals surface area contributed by atoms with Gasteiger partial charge >= 0.3 is 18.1 Å². The number of nitrogens with zero attached hydrogens (tertiary/aromatic N) is 2. The van der Waals surface area contributed by atoms with Crippen molar-refractivity contribution in [3.8, 4) is 0 Å². The molecule has 3 rings (SSSR count). The predicted octanol–water partition coefficient (Wildman–Crippen LogP) is 5.95. The lowest BCUT2D eigenvalue weighted by Gasteiger charge is -2.25. The fourth-order valence-electron chi connectivity index (χ4n) is 4.13. The molecular formula is C28H32F3N3O6S. The van der Waals surface area contributed by atoms with Crippen LogP contribution in [0.15, 0.2) is 59.6 Å². The molecule has 3 N–H and O–H groups in total. The number of alkyl halides is 3. The lowest BCUT2D eigenvalue weighted by molar-refractivity contribution is -0.192. The molecule has 0 fully saturated rings. The summed E-state index contributed by atoms with van der Waals surface area (Å²) in [6, 6.07) is 14.7. The van der Waals surface area contributed by atoms with Crippen LogP contribution in [-0.2, 0) is 21.4 Å². The monoisotopic (exact) mass is 595 g/mol. The van der Waals surface area contributed by atoms with Gasteiger partial charge in [0.25, 0.3) is 10.0 Å². The second-order valence-electron chi connectivity index (χ2n) is 9.30. The Labute approximate surface area is 236 Å². The zero-order valence-corrected chi connectivity index (χ0v) is 23.8. The number of carboxylic acid groups (broad SMARTS) is 2. The summed E-state index contributed by atoms with van der Waals surface area (Å²) < 4.78 is 60.5. The fourth-order valence-corrected chi connectivity index (χ4v) is 5.62. The van der Waals surface area contributed by atoms with Crippen LogP contribution in [0.25, 0.3) is 0 Å². The summed E-state index contributed by atoms with van der Waals surface area (Å²) >= 11 is 0. The number of unbranched alkanes of at least 4 members (excludes halogenated alkanes) is 1. The van der Waals surface area contributed by atoms with Crippen molar-refractivity contribution in [2.45, 2.75) is 58.2 Å². The van der Waals surface area contributed by atoms with Crippen LogP contribution in [-0.4, -0.2) is 48.3 Å². The summed E-state index contributed by atoms with van der Waals surface area (Å²) in [5.41, 5.74) is 3.31. The lowest BCUT2D eigenvalue weighted by Crippen LogP contribution is -2.27. The van der Waals surface area contributed by atoms with E-state index in [1.807, 2.05) is 42.2 Å². The average Bonchev–Trinajstić information content (AvgIpc) is 2.86. The minimum atomic E-state index is -5.08. The molecule has 0 aliphatic carbocycles. The molecule has 2 aromatic carbocycles. The zero-order chi connectivity index (χ0) is 31.0. The topological polar surface area (TPSA) is 137 Å². The average molecular weight is 596 g/mol. The Morgan fingerprint density at radius 3 is 2.05 bits per heavy atom. The summed E-state index contributed by atoms with van der Waals surface area (Å²) in [4.78, 5) is 27.6. The van der Waals surface area contributed by atoms with E-state index in [0.717, 1.165) is 24.0 Å². The van der Waals surface area contributed by atoms with Crippen LogP contribution in [0, 0.1) is 20.8 Å². The summed E-state index contributed by atoms with van der Waals surface area (Å²) in [5.74, 6) is -3.61. The molecule has 0 aliphatic heterocycles. The first-order valence-corrected chi connectivity index (χ1v) is 14.0. The highest BCUT2D eigenvalue weighted by Crippen LogP contribution is 2.28. The molecule has 9 nitrogen and oxygen atoms in total. The van der Waals surface area contributed by atoms with E-state index in [-0.39, 0.29) is 16.1 Å². The van der Waals surface area contributed by atoms with Crippen molar-refractivity contribution in [3.05, 3.63) is 82.5 Å². The summed E-state index contributed by atoms with van der Waals surface area (Å²) in [5, 5.41) is 17.0. The van der Waals surface area contributed by atoms with Gasteiger partial charge in [-0.25, -0.2) is 23.0 Å². The van der Waals surface area contributed by atoms with Gasteiger partial charge in [-0.05, 0) is 49.9 Å². The van der Waals surface area contributed by atoms with Crippen molar-refractivity contribution in [2.24, 2.45) is 0 Å². The Morgan fingerprint density at radius 1 is 1.00 bits per heavy atom. The van der Waals surface area contributed by atoms with Crippen LogP contribution in [0.4, 0.5) is 24.7 Å². The Kier molecular flexibility index (Phi) is 11.3. The van der Waals surface area contributed by atoms with Gasteiger partial charge in [-0.15, -0.1) is 0 Å². The lowest BCUT2D eigenvalue weighted by atomic mass is 10.1. The number of aromatic carboxylic acids is 1. The molecule has 0 radical (unpaired) electrons. The highest BCUT2D eigenvalue weighted by atomic mass is 32.2. The minimum absolute atomic E-state index is 0.0513. The molecule has 0 spiro atoms. The van der Waals surface area contributed by atoms with Crippen molar-refractivity contribution in [2.75, 3.05) is 16.2 Å². The van der Waals surface area contributed by atoms with Gasteiger partial charge in [0, 0.05) is 13.1 Å². The Morgan fingerprint density at radius 2 is 1.56 bits per heavy atom. The molecule has 222 valence electrons. The number of pyridine rings is 1. The minimum Gasteiger partial charge on any atom is -0.478 e. The normalized spacial score (nSPS) is 11.3. The van der Waals surface area contributed by atoms with Gasteiger partial charge in [0.2, 0.25) is 0 Å². The van der Waals surface area contributed by atoms with Gasteiger partial charge in [-0.3, -0.25) is 4.72 Å². The molecule has 3 aromatic rings. The van der Waals surface area contributed by atoms with E-state index in [9.17, 15) is 31.5 Å². The van der Waals surface area contributed by atoms with Crippen LogP contribution in [0.1, 0.15) is 52.4 Å². The largest absolute Gasteiger partial charge is 0.490 e. The highest BCUT2D eigenvalue weighted by Gasteiger charge is 2.38. The van der Waals surface area contributed by atoms with Crippen molar-refractivity contribution in [1.29, 1.82) is 0 Å². The fraction of sp³-hybridized carbons (Fsp3) is 0.321. The quantitative estimate of drug-likeness (QED) is 0.262. The highest BCUT2D eigenvalue weighted by molar-refractivity contribution is 7.92. The molecule has 0 amide bonds. The number of carbonyl (C=O) groups is 2. The summed E-state index contributed by atoms with van der Waals surface area (Å²) in [6.45, 7) is 8.60. The van der Waals surface area contributed by atoms with Crippen molar-refractivity contribution < 1.29 is 41.4 Å². The first kappa shape index (κ1) is 33.1. The Hall–Kier alpha value is -4.13. The van der Waals surface area contributed by atoms with E-state index in [2.05, 4.69) is 16.6 Å². The Balaban J connectivity index is 0.000000745. The van der Waals surface area contributed by atoms with Gasteiger partial charge < -0.3 is 15.1 Å². The number of aromatic nitrogens is 1. The van der Waals surface area contributed by atoms with Gasteiger partial charge in [0.1, 0.15) is 11.4 Å². The van der Waals surface area contributed by atoms with Gasteiger partial charge in [0.05, 0.1) is 16.8 Å². The SMILES string of the molecule is CCCCN(Cc1ccccc1)c1ncc(NS(=O)(=O)c2c(C)cc(C)cc2C)cc1C(=O)O.O=C(O)C(F)(F)F. The van der Waals surface area contributed by atoms with Crippen LogP contribution in [0.3, 0.4) is 0 Å². The number of anilines is 2. The van der Waals surface area contributed by atoms with E-state index < -0.39 is 28.1 Å². The molecule has 1 aromatic heterocycles. The number of halogens is 3. The van der Waals surface area contributed by atoms with Crippen molar-refractivity contribution in [1.82, 2.24) is 4.98 Å². The molecule has 0 saturated carbocycles. The van der Waals surface area contributed by atoms with Gasteiger partial charge in [-0.2, -0.15) is 13.2 Å². The molecule has 13 heteroatoms. The van der Waals surface area contributed by atoms with Crippen LogP contribution in [0.2, 0.25) is 0 Å². The number of aryl methyl sites for hydroxylation is 3. The molecule has 0 saturated heterocycles. The maximum Gasteiger partial charge on any atom is 0.490 e. The molecular weight excluding hydrogens is 563 g/mol. The smallest absolute Gasteiger partial charge is 0.478 e. The van der Waals surface area contributed by atoms with Crippen molar-refractivity contribution in [3.63, 3.8) is 0 Å². The number of carboxylic acids is 2. The number of hydrogen-bond acceptors (Lipinski definition) is 6. The number of hydrogen-bond donors (Lipinski definition) is 3. The first-order chi connectivity index (χ1) is 19.1. The number of sulfonamides is 1. The second-order valence-corrected chi connectivity index (χ2v) is 10.9. The number of benzene rings is 2. The number of aliphatic carboxylic acids is 1. The molecule has 0 bridgehead atoms. The standard InChI is InChI=1S/C26H31N3O4S.C2HF3O2/c1-5-6-12-29(17-21-10-8-7-9-11-21)25-23(26(30)31)15-22(16-27-25)28-34(32,33)24-19(3)13-18(2)14-20(24)4;3-2(4,5)1(6)7/h7-11,13-16,28H,5-6,12,17H2,1-4H3,(H,30,31);(H,6,7). The first-order valence-electron chi connectivity index (χ1n) is 12.5. The van der Waals surface area contributed by atoms with Gasteiger partial charge in [-0.1, -0.05) is 61.4 Å². The molecule has 0 unspecified atom stereocenters. The summed E-state index contributed by atoms with van der Waals surface area (Å²) in [6.07, 6.45) is -1.89. The second kappa shape index (κ2) is 14.0. The third-order valence-electron chi connectivity index (χ3n) is 5.76. The van der Waals surface area contributed by atoms with E-state index >= 15 is 0 Å². The maximum absolute atomic E-state index is 13.1. The molecule has 1 heterocycles. The van der Waals surface area contributed by atoms with Crippen molar-refractivity contribution >= 4 is 33.5 Å². The van der Waals surface area contributed by atoms with E-state index in [0.29, 0.717) is 30.0 Å². The number of rotatable bonds is 10. The molecule has 0 atom stereocenters. The number of nitrogens with one attached hydrogen (secondary N) is 1. The van der Waals surface area contributed by atoms with E-state index in [1.165, 1.54) is 12.3 Å². The third kappa shape index (κ3) is 9.48. The molecule has 0 aliphatic rings. The van der Waals surface area contributed by atoms with E-state index in [1.54, 1.807) is 26.0 Å². The zero-order valence-electron chi connectivity index (χ0n) is 23.0. The van der Waals surface area contributed by atoms with Crippen LogP contribution < -0.4 is 9.62 Å². The molecule has 41 heavy (non-hydrogen) atoms. The predicted molar refractivity (Wildman–Crippen MR) is 149 cm³/mol. The third-order valence-corrected chi connectivity index (χ3v) is 7.45. The summed E-state index contributed by atoms with van der Waals surface area (Å²) in [7, 11) is -3.93. The Bertz CT molecular complexity index is 1460. The van der Waals surface area contributed by atoms with Crippen LogP contribution >= 0.6 is 0 Å².